The van der Waals surface area contributed by atoms with E-state index in [2.05, 4.69) is 0 Å². The van der Waals surface area contributed by atoms with Crippen LogP contribution < -0.4 is 0 Å². The van der Waals surface area contributed by atoms with Gasteiger partial charge in [-0.15, -0.1) is 11.6 Å². The maximum Gasteiger partial charge on any atom is 0.282 e. The Morgan fingerprint density at radius 3 is 2.67 bits per heavy atom. The predicted octanol–water partition coefficient (Wildman–Crippen LogP) is 2.70. The van der Waals surface area contributed by atoms with Crippen molar-refractivity contribution >= 4 is 21.8 Å². The molecule has 1 aliphatic rings. The number of halogens is 1. The summed E-state index contributed by atoms with van der Waals surface area (Å²) in [4.78, 5) is 0. The highest BCUT2D eigenvalue weighted by Gasteiger charge is 2.32. The second-order valence-corrected chi connectivity index (χ2v) is 7.68. The predicted molar refractivity (Wildman–Crippen MR) is 86.5 cm³/mol. The van der Waals surface area contributed by atoms with Crippen LogP contribution in [0.3, 0.4) is 0 Å². The summed E-state index contributed by atoms with van der Waals surface area (Å²) >= 11 is 5.90. The van der Waals surface area contributed by atoms with E-state index < -0.39 is 10.2 Å². The molecule has 1 atom stereocenters. The molecule has 1 aromatic rings. The zero-order valence-corrected chi connectivity index (χ0v) is 14.0. The molecule has 1 aliphatic heterocycles. The van der Waals surface area contributed by atoms with E-state index in [0.717, 1.165) is 18.4 Å². The summed E-state index contributed by atoms with van der Waals surface area (Å²) in [6, 6.07) is 9.70. The van der Waals surface area contributed by atoms with Gasteiger partial charge in [-0.3, -0.25) is 0 Å². The molecule has 0 N–H and O–H groups in total. The first-order valence-electron chi connectivity index (χ1n) is 7.43. The minimum absolute atomic E-state index is 0.269. The van der Waals surface area contributed by atoms with Crippen molar-refractivity contribution in [3.05, 3.63) is 35.9 Å². The maximum atomic E-state index is 12.8. The lowest BCUT2D eigenvalue weighted by atomic mass is 10.0. The summed E-state index contributed by atoms with van der Waals surface area (Å²) < 4.78 is 28.7. The fourth-order valence-corrected chi connectivity index (χ4v) is 4.65. The molecule has 0 bridgehead atoms. The summed E-state index contributed by atoms with van der Waals surface area (Å²) in [6.07, 6.45) is 1.90. The minimum Gasteiger partial charge on any atom is -0.195 e. The Bertz CT molecular complexity index is 536. The molecule has 0 saturated carbocycles. The van der Waals surface area contributed by atoms with E-state index in [1.165, 1.54) is 0 Å². The molecule has 1 saturated heterocycles. The summed E-state index contributed by atoms with van der Waals surface area (Å²) in [5, 5.41) is 0. The van der Waals surface area contributed by atoms with Crippen LogP contribution in [0.1, 0.15) is 25.3 Å². The Kier molecular flexibility index (Phi) is 6.05. The Hall–Kier alpha value is -0.620. The summed E-state index contributed by atoms with van der Waals surface area (Å²) in [7, 11) is -3.41. The number of hydrogen-bond donors (Lipinski definition) is 0. The van der Waals surface area contributed by atoms with Gasteiger partial charge in [0.15, 0.2) is 0 Å². The van der Waals surface area contributed by atoms with E-state index in [0.29, 0.717) is 32.1 Å². The molecule has 6 heteroatoms. The number of rotatable bonds is 6. The normalized spacial score (nSPS) is 20.8. The summed E-state index contributed by atoms with van der Waals surface area (Å²) in [5.41, 5.74) is 1.01. The van der Waals surface area contributed by atoms with Gasteiger partial charge in [-0.05, 0) is 24.3 Å². The highest BCUT2D eigenvalue weighted by atomic mass is 35.5. The highest BCUT2D eigenvalue weighted by molar-refractivity contribution is 7.86. The lowest BCUT2D eigenvalue weighted by Gasteiger charge is -2.34. The van der Waals surface area contributed by atoms with Crippen molar-refractivity contribution in [2.45, 2.75) is 26.3 Å². The molecule has 21 heavy (non-hydrogen) atoms. The molecule has 0 aromatic heterocycles. The zero-order chi connectivity index (χ0) is 15.3. The van der Waals surface area contributed by atoms with E-state index in [1.807, 2.05) is 37.3 Å². The topological polar surface area (TPSA) is 40.6 Å². The van der Waals surface area contributed by atoms with Crippen molar-refractivity contribution in [3.63, 3.8) is 0 Å². The van der Waals surface area contributed by atoms with Crippen LogP contribution in [0.5, 0.6) is 0 Å². The van der Waals surface area contributed by atoms with Crippen LogP contribution in [-0.2, 0) is 16.8 Å². The van der Waals surface area contributed by atoms with Crippen molar-refractivity contribution < 1.29 is 8.42 Å². The van der Waals surface area contributed by atoms with Gasteiger partial charge in [0.2, 0.25) is 0 Å². The van der Waals surface area contributed by atoms with Crippen molar-refractivity contribution in [2.75, 3.05) is 25.5 Å². The second kappa shape index (κ2) is 7.58. The van der Waals surface area contributed by atoms with E-state index >= 15 is 0 Å². The molecular weight excluding hydrogens is 308 g/mol. The first kappa shape index (κ1) is 16.7. The number of alkyl halides is 1. The van der Waals surface area contributed by atoms with Crippen molar-refractivity contribution in [3.8, 4) is 0 Å². The van der Waals surface area contributed by atoms with Gasteiger partial charge in [-0.1, -0.05) is 37.3 Å². The average Bonchev–Trinajstić information content (AvgIpc) is 2.53. The largest absolute Gasteiger partial charge is 0.282 e. The van der Waals surface area contributed by atoms with Crippen molar-refractivity contribution in [1.29, 1.82) is 0 Å². The Morgan fingerprint density at radius 1 is 1.33 bits per heavy atom. The molecule has 4 nitrogen and oxygen atoms in total. The van der Waals surface area contributed by atoms with Gasteiger partial charge in [0, 0.05) is 32.1 Å². The summed E-state index contributed by atoms with van der Waals surface area (Å²) in [5.74, 6) is 0.794. The van der Waals surface area contributed by atoms with Gasteiger partial charge in [-0.25, -0.2) is 0 Å². The van der Waals surface area contributed by atoms with Gasteiger partial charge < -0.3 is 0 Å². The lowest BCUT2D eigenvalue weighted by molar-refractivity contribution is 0.259. The van der Waals surface area contributed by atoms with Gasteiger partial charge in [0.05, 0.1) is 0 Å². The fraction of sp³-hybridized carbons (Fsp3) is 0.600. The quantitative estimate of drug-likeness (QED) is 0.752. The minimum atomic E-state index is -3.41. The van der Waals surface area contributed by atoms with Crippen LogP contribution in [0, 0.1) is 5.92 Å². The average molecular weight is 331 g/mol. The third kappa shape index (κ3) is 4.19. The maximum absolute atomic E-state index is 12.8. The molecule has 0 aliphatic carbocycles. The van der Waals surface area contributed by atoms with Crippen molar-refractivity contribution in [2.24, 2.45) is 5.92 Å². The first-order valence-corrected chi connectivity index (χ1v) is 9.36. The van der Waals surface area contributed by atoms with Crippen LogP contribution in [0.4, 0.5) is 0 Å². The second-order valence-electron chi connectivity index (χ2n) is 5.44. The molecule has 0 radical (unpaired) electrons. The SMILES string of the molecule is CCN(Cc1ccccc1)S(=O)(=O)N1CCCC(CCl)C1. The standard InChI is InChI=1S/C15H23ClN2O2S/c1-2-17(12-14-7-4-3-5-8-14)21(19,20)18-10-6-9-15(11-16)13-18/h3-5,7-8,15H,2,6,9-13H2,1H3. The Morgan fingerprint density at radius 2 is 2.05 bits per heavy atom. The zero-order valence-electron chi connectivity index (χ0n) is 12.4. The molecule has 1 unspecified atom stereocenters. The first-order chi connectivity index (χ1) is 10.1. The highest BCUT2D eigenvalue weighted by Crippen LogP contribution is 2.23. The fourth-order valence-electron chi connectivity index (χ4n) is 2.67. The number of benzene rings is 1. The van der Waals surface area contributed by atoms with Crippen molar-refractivity contribution in [1.82, 2.24) is 8.61 Å². The number of hydrogen-bond acceptors (Lipinski definition) is 2. The van der Waals surface area contributed by atoms with Crippen LogP contribution in [0.2, 0.25) is 0 Å². The molecule has 1 aromatic carbocycles. The van der Waals surface area contributed by atoms with Crippen LogP contribution in [0.15, 0.2) is 30.3 Å². The molecule has 1 fully saturated rings. The molecule has 2 rings (SSSR count). The van der Waals surface area contributed by atoms with Crippen LogP contribution in [-0.4, -0.2) is 42.5 Å². The van der Waals surface area contributed by atoms with Gasteiger partial charge in [0.1, 0.15) is 0 Å². The monoisotopic (exact) mass is 330 g/mol. The van der Waals surface area contributed by atoms with Crippen LogP contribution in [0.25, 0.3) is 0 Å². The lowest BCUT2D eigenvalue weighted by Crippen LogP contribution is -2.48. The molecule has 118 valence electrons. The Labute approximate surface area is 132 Å². The van der Waals surface area contributed by atoms with Crippen LogP contribution >= 0.6 is 11.6 Å². The third-order valence-electron chi connectivity index (χ3n) is 3.91. The van der Waals surface area contributed by atoms with Gasteiger partial charge >= 0.3 is 0 Å². The van der Waals surface area contributed by atoms with E-state index in [4.69, 9.17) is 11.6 Å². The third-order valence-corrected chi connectivity index (χ3v) is 6.37. The number of nitrogens with zero attached hydrogens (tertiary/aromatic N) is 2. The van der Waals surface area contributed by atoms with E-state index in [9.17, 15) is 8.42 Å². The van der Waals surface area contributed by atoms with E-state index in [1.54, 1.807) is 8.61 Å². The Balaban J connectivity index is 2.12. The summed E-state index contributed by atoms with van der Waals surface area (Å²) in [6.45, 7) is 3.91. The molecule has 1 heterocycles. The molecule has 0 amide bonds. The number of piperidine rings is 1. The van der Waals surface area contributed by atoms with E-state index in [-0.39, 0.29) is 5.92 Å². The van der Waals surface area contributed by atoms with Gasteiger partial charge in [-0.2, -0.15) is 17.0 Å². The van der Waals surface area contributed by atoms with Gasteiger partial charge in [0.25, 0.3) is 10.2 Å². The molecular formula is C15H23ClN2O2S. The smallest absolute Gasteiger partial charge is 0.195 e. The molecule has 0 spiro atoms.